The Kier molecular flexibility index (Phi) is 4.08. The molecule has 0 bridgehead atoms. The minimum absolute atomic E-state index is 0.106. The lowest BCUT2D eigenvalue weighted by molar-refractivity contribution is 0.198. The molecule has 2 nitrogen and oxygen atoms in total. The molecule has 0 fully saturated rings. The summed E-state index contributed by atoms with van der Waals surface area (Å²) in [6.07, 6.45) is -0.712. The first kappa shape index (κ1) is 13.8. The van der Waals surface area contributed by atoms with Gasteiger partial charge in [0.25, 0.3) is 0 Å². The normalized spacial score (nSPS) is 12.3. The lowest BCUT2D eigenvalue weighted by Gasteiger charge is -2.11. The second-order valence-electron chi connectivity index (χ2n) is 4.38. The predicted octanol–water partition coefficient (Wildman–Crippen LogP) is 4.63. The number of hydrogen-bond acceptors (Lipinski definition) is 2. The SMILES string of the molecule is Cc1ccc(Cl)cc1Oc1ccc([C@@H](C)O)cc1F. The minimum atomic E-state index is -0.712. The largest absolute Gasteiger partial charge is 0.454 e. The number of rotatable bonds is 3. The van der Waals surface area contributed by atoms with Gasteiger partial charge < -0.3 is 9.84 Å². The molecule has 2 rings (SSSR count). The van der Waals surface area contributed by atoms with Crippen LogP contribution >= 0.6 is 11.6 Å². The summed E-state index contributed by atoms with van der Waals surface area (Å²) in [4.78, 5) is 0. The summed E-state index contributed by atoms with van der Waals surface area (Å²) in [5.41, 5.74) is 1.37. The summed E-state index contributed by atoms with van der Waals surface area (Å²) < 4.78 is 19.4. The molecule has 2 aromatic carbocycles. The fourth-order valence-corrected chi connectivity index (χ4v) is 1.82. The van der Waals surface area contributed by atoms with E-state index in [4.69, 9.17) is 16.3 Å². The predicted molar refractivity (Wildman–Crippen MR) is 73.3 cm³/mol. The van der Waals surface area contributed by atoms with Gasteiger partial charge in [0, 0.05) is 5.02 Å². The summed E-state index contributed by atoms with van der Waals surface area (Å²) in [6.45, 7) is 3.43. The van der Waals surface area contributed by atoms with E-state index < -0.39 is 11.9 Å². The Labute approximate surface area is 116 Å². The third kappa shape index (κ3) is 3.25. The van der Waals surface area contributed by atoms with Gasteiger partial charge in [-0.1, -0.05) is 23.7 Å². The Morgan fingerprint density at radius 3 is 2.53 bits per heavy atom. The highest BCUT2D eigenvalue weighted by atomic mass is 35.5. The summed E-state index contributed by atoms with van der Waals surface area (Å²) in [6, 6.07) is 9.58. The molecule has 0 aliphatic carbocycles. The lowest BCUT2D eigenvalue weighted by Crippen LogP contribution is -1.95. The fourth-order valence-electron chi connectivity index (χ4n) is 1.66. The quantitative estimate of drug-likeness (QED) is 0.888. The molecule has 0 saturated heterocycles. The van der Waals surface area contributed by atoms with Gasteiger partial charge in [0.05, 0.1) is 6.10 Å². The van der Waals surface area contributed by atoms with Crippen molar-refractivity contribution in [1.82, 2.24) is 0 Å². The van der Waals surface area contributed by atoms with Crippen molar-refractivity contribution in [2.75, 3.05) is 0 Å². The molecular formula is C15H14ClFO2. The Bertz CT molecular complexity index is 597. The van der Waals surface area contributed by atoms with Crippen LogP contribution in [-0.4, -0.2) is 5.11 Å². The average molecular weight is 281 g/mol. The number of benzene rings is 2. The van der Waals surface area contributed by atoms with Crippen molar-refractivity contribution in [1.29, 1.82) is 0 Å². The number of aliphatic hydroxyl groups is 1. The molecule has 0 aromatic heterocycles. The summed E-state index contributed by atoms with van der Waals surface area (Å²) in [5, 5.41) is 9.91. The van der Waals surface area contributed by atoms with Crippen molar-refractivity contribution in [2.45, 2.75) is 20.0 Å². The van der Waals surface area contributed by atoms with Crippen LogP contribution in [0.4, 0.5) is 4.39 Å². The van der Waals surface area contributed by atoms with E-state index in [1.165, 1.54) is 12.1 Å². The molecule has 0 heterocycles. The van der Waals surface area contributed by atoms with Crippen molar-refractivity contribution in [2.24, 2.45) is 0 Å². The Morgan fingerprint density at radius 1 is 1.16 bits per heavy atom. The molecule has 1 N–H and O–H groups in total. The molecule has 1 atom stereocenters. The average Bonchev–Trinajstić information content (AvgIpc) is 2.36. The van der Waals surface area contributed by atoms with E-state index in [2.05, 4.69) is 0 Å². The van der Waals surface area contributed by atoms with Crippen LogP contribution in [0.15, 0.2) is 36.4 Å². The monoisotopic (exact) mass is 280 g/mol. The second kappa shape index (κ2) is 5.59. The zero-order chi connectivity index (χ0) is 14.0. The molecule has 0 amide bonds. The molecule has 4 heteroatoms. The highest BCUT2D eigenvalue weighted by Crippen LogP contribution is 2.30. The topological polar surface area (TPSA) is 29.5 Å². The van der Waals surface area contributed by atoms with Gasteiger partial charge in [0.1, 0.15) is 5.75 Å². The van der Waals surface area contributed by atoms with Gasteiger partial charge in [-0.25, -0.2) is 4.39 Å². The van der Waals surface area contributed by atoms with E-state index in [0.29, 0.717) is 16.3 Å². The Balaban J connectivity index is 2.31. The molecule has 2 aromatic rings. The lowest BCUT2D eigenvalue weighted by atomic mass is 10.1. The van der Waals surface area contributed by atoms with E-state index >= 15 is 0 Å². The van der Waals surface area contributed by atoms with Crippen molar-refractivity contribution >= 4 is 11.6 Å². The van der Waals surface area contributed by atoms with Crippen LogP contribution in [0.2, 0.25) is 5.02 Å². The van der Waals surface area contributed by atoms with E-state index in [1.807, 2.05) is 6.92 Å². The maximum atomic E-state index is 13.9. The van der Waals surface area contributed by atoms with Gasteiger partial charge in [0.15, 0.2) is 11.6 Å². The number of ether oxygens (including phenoxy) is 1. The molecule has 19 heavy (non-hydrogen) atoms. The van der Waals surface area contributed by atoms with Crippen LogP contribution < -0.4 is 4.74 Å². The number of halogens is 2. The summed E-state index contributed by atoms with van der Waals surface area (Å²) >= 11 is 5.88. The van der Waals surface area contributed by atoms with E-state index in [9.17, 15) is 9.50 Å². The molecule has 100 valence electrons. The van der Waals surface area contributed by atoms with E-state index in [0.717, 1.165) is 5.56 Å². The highest BCUT2D eigenvalue weighted by molar-refractivity contribution is 6.30. The van der Waals surface area contributed by atoms with E-state index in [1.54, 1.807) is 31.2 Å². The molecule has 0 aliphatic rings. The number of aryl methyl sites for hydroxylation is 1. The van der Waals surface area contributed by atoms with Crippen LogP contribution in [0.5, 0.6) is 11.5 Å². The van der Waals surface area contributed by atoms with Gasteiger partial charge >= 0.3 is 0 Å². The van der Waals surface area contributed by atoms with Crippen LogP contribution in [0.25, 0.3) is 0 Å². The third-order valence-corrected chi connectivity index (χ3v) is 3.04. The zero-order valence-electron chi connectivity index (χ0n) is 10.7. The Morgan fingerprint density at radius 2 is 1.89 bits per heavy atom. The fraction of sp³-hybridized carbons (Fsp3) is 0.200. The molecule has 0 aliphatic heterocycles. The van der Waals surface area contributed by atoms with Crippen LogP contribution in [0, 0.1) is 12.7 Å². The standard InChI is InChI=1S/C15H14ClFO2/c1-9-3-5-12(16)8-15(9)19-14-6-4-11(10(2)18)7-13(14)17/h3-8,10,18H,1-2H3/t10-/m1/s1. The van der Waals surface area contributed by atoms with Crippen molar-refractivity contribution in [3.05, 3.63) is 58.4 Å². The number of aliphatic hydroxyl groups excluding tert-OH is 1. The van der Waals surface area contributed by atoms with Gasteiger partial charge in [-0.15, -0.1) is 0 Å². The van der Waals surface area contributed by atoms with Crippen LogP contribution in [-0.2, 0) is 0 Å². The first-order valence-corrected chi connectivity index (χ1v) is 6.26. The van der Waals surface area contributed by atoms with Crippen molar-refractivity contribution in [3.8, 4) is 11.5 Å². The smallest absolute Gasteiger partial charge is 0.166 e. The van der Waals surface area contributed by atoms with Crippen molar-refractivity contribution < 1.29 is 14.2 Å². The molecule has 0 unspecified atom stereocenters. The van der Waals surface area contributed by atoms with Crippen LogP contribution in [0.1, 0.15) is 24.2 Å². The van der Waals surface area contributed by atoms with E-state index in [-0.39, 0.29) is 5.75 Å². The van der Waals surface area contributed by atoms with Crippen LogP contribution in [0.3, 0.4) is 0 Å². The number of hydrogen-bond donors (Lipinski definition) is 1. The molecule has 0 saturated carbocycles. The highest BCUT2D eigenvalue weighted by Gasteiger charge is 2.10. The molecule has 0 radical (unpaired) electrons. The Hall–Kier alpha value is -1.58. The van der Waals surface area contributed by atoms with Gasteiger partial charge in [-0.2, -0.15) is 0 Å². The maximum Gasteiger partial charge on any atom is 0.166 e. The summed E-state index contributed by atoms with van der Waals surface area (Å²) in [5.74, 6) is 0.101. The second-order valence-corrected chi connectivity index (χ2v) is 4.81. The zero-order valence-corrected chi connectivity index (χ0v) is 11.4. The molecule has 0 spiro atoms. The van der Waals surface area contributed by atoms with Gasteiger partial charge in [-0.3, -0.25) is 0 Å². The van der Waals surface area contributed by atoms with Gasteiger partial charge in [-0.05, 0) is 49.2 Å². The first-order valence-electron chi connectivity index (χ1n) is 5.89. The summed E-state index contributed by atoms with van der Waals surface area (Å²) in [7, 11) is 0. The minimum Gasteiger partial charge on any atom is -0.454 e. The maximum absolute atomic E-state index is 13.9. The molecular weight excluding hydrogens is 267 g/mol. The van der Waals surface area contributed by atoms with Gasteiger partial charge in [0.2, 0.25) is 0 Å². The first-order chi connectivity index (χ1) is 8.97. The third-order valence-electron chi connectivity index (χ3n) is 2.81. The van der Waals surface area contributed by atoms with Crippen molar-refractivity contribution in [3.63, 3.8) is 0 Å².